The monoisotopic (exact) mass is 232 g/mol. The van der Waals surface area contributed by atoms with E-state index in [1.165, 1.54) is 0 Å². The zero-order valence-electron chi connectivity index (χ0n) is 9.66. The van der Waals surface area contributed by atoms with Crippen LogP contribution >= 0.6 is 0 Å². The Morgan fingerprint density at radius 3 is 2.88 bits per heavy atom. The number of benzene rings is 1. The number of nitrogens with two attached hydrogens (primary N) is 1. The molecule has 0 saturated carbocycles. The summed E-state index contributed by atoms with van der Waals surface area (Å²) in [6.07, 6.45) is 0.466. The topological polar surface area (TPSA) is 79.2 Å². The number of carbonyl (C=O) groups is 1. The molecule has 17 heavy (non-hydrogen) atoms. The molecule has 0 spiro atoms. The van der Waals surface area contributed by atoms with Crippen molar-refractivity contribution in [1.82, 2.24) is 10.9 Å². The molecule has 3 atom stereocenters. The zero-order valence-corrected chi connectivity index (χ0v) is 9.66. The van der Waals surface area contributed by atoms with Gasteiger partial charge < -0.3 is 11.1 Å². The Balaban J connectivity index is 1.90. The summed E-state index contributed by atoms with van der Waals surface area (Å²) < 4.78 is 0. The Morgan fingerprint density at radius 1 is 1.35 bits per heavy atom. The van der Waals surface area contributed by atoms with E-state index in [0.717, 1.165) is 16.8 Å². The molecule has 0 radical (unpaired) electrons. The normalized spacial score (nSPS) is 31.4. The van der Waals surface area contributed by atoms with Gasteiger partial charge in [0.25, 0.3) is 0 Å². The number of rotatable bonds is 1. The summed E-state index contributed by atoms with van der Waals surface area (Å²) in [4.78, 5) is 11.3. The summed E-state index contributed by atoms with van der Waals surface area (Å²) in [7, 11) is 0. The van der Waals surface area contributed by atoms with Crippen molar-refractivity contribution in [3.63, 3.8) is 0 Å². The molecule has 2 heterocycles. The lowest BCUT2D eigenvalue weighted by molar-refractivity contribution is -0.115. The molecule has 5 N–H and O–H groups in total. The zero-order chi connectivity index (χ0) is 12.0. The number of hydrazine groups is 1. The minimum absolute atomic E-state index is 0.0399. The second-order valence-electron chi connectivity index (χ2n) is 4.77. The van der Waals surface area contributed by atoms with Crippen molar-refractivity contribution in [3.8, 4) is 0 Å². The highest BCUT2D eigenvalue weighted by Crippen LogP contribution is 2.28. The van der Waals surface area contributed by atoms with E-state index < -0.39 is 0 Å². The van der Waals surface area contributed by atoms with E-state index >= 15 is 0 Å². The van der Waals surface area contributed by atoms with Crippen molar-refractivity contribution in [2.75, 3.05) is 5.32 Å². The van der Waals surface area contributed by atoms with Crippen LogP contribution in [-0.2, 0) is 11.2 Å². The smallest absolute Gasteiger partial charge is 0.228 e. The van der Waals surface area contributed by atoms with Gasteiger partial charge in [0.15, 0.2) is 0 Å². The number of anilines is 1. The first-order chi connectivity index (χ1) is 8.15. The standard InChI is InChI=1S/C12H16N4O/c1-6-11(13)12(16-15-6)7-2-3-9-8(4-7)5-10(17)14-9/h2-4,6,11-12,15-16H,5,13H2,1H3,(H,14,17). The maximum absolute atomic E-state index is 11.3. The predicted octanol–water partition coefficient (Wildman–Crippen LogP) is 0.0459. The highest BCUT2D eigenvalue weighted by molar-refractivity contribution is 5.99. The van der Waals surface area contributed by atoms with Crippen molar-refractivity contribution in [3.05, 3.63) is 29.3 Å². The van der Waals surface area contributed by atoms with Crippen LogP contribution in [0.1, 0.15) is 24.1 Å². The fraction of sp³-hybridized carbons (Fsp3) is 0.417. The highest BCUT2D eigenvalue weighted by atomic mass is 16.1. The largest absolute Gasteiger partial charge is 0.326 e. The van der Waals surface area contributed by atoms with E-state index in [2.05, 4.69) is 29.2 Å². The van der Waals surface area contributed by atoms with Crippen molar-refractivity contribution in [2.45, 2.75) is 31.5 Å². The van der Waals surface area contributed by atoms with Gasteiger partial charge in [0, 0.05) is 17.8 Å². The molecule has 0 aliphatic carbocycles. The number of nitrogens with one attached hydrogen (secondary N) is 3. The Labute approximate surface area is 99.7 Å². The van der Waals surface area contributed by atoms with Crippen molar-refractivity contribution < 1.29 is 4.79 Å². The molecule has 5 nitrogen and oxygen atoms in total. The Hall–Kier alpha value is -1.43. The molecule has 1 saturated heterocycles. The molecule has 5 heteroatoms. The van der Waals surface area contributed by atoms with Crippen LogP contribution < -0.4 is 21.9 Å². The quantitative estimate of drug-likeness (QED) is 0.551. The first kappa shape index (κ1) is 10.7. The minimum atomic E-state index is 0.0399. The van der Waals surface area contributed by atoms with Gasteiger partial charge in [-0.3, -0.25) is 10.2 Å². The van der Waals surface area contributed by atoms with Crippen LogP contribution in [0.25, 0.3) is 0 Å². The first-order valence-corrected chi connectivity index (χ1v) is 5.84. The van der Waals surface area contributed by atoms with Crippen molar-refractivity contribution in [1.29, 1.82) is 0 Å². The third-order valence-electron chi connectivity index (χ3n) is 3.54. The molecular weight excluding hydrogens is 216 g/mol. The Kier molecular flexibility index (Phi) is 2.39. The average molecular weight is 232 g/mol. The van der Waals surface area contributed by atoms with Crippen molar-refractivity contribution in [2.24, 2.45) is 5.73 Å². The van der Waals surface area contributed by atoms with Gasteiger partial charge in [0.05, 0.1) is 12.5 Å². The predicted molar refractivity (Wildman–Crippen MR) is 65.2 cm³/mol. The minimum Gasteiger partial charge on any atom is -0.326 e. The lowest BCUT2D eigenvalue weighted by Crippen LogP contribution is -2.35. The maximum atomic E-state index is 11.3. The number of hydrogen-bond donors (Lipinski definition) is 4. The molecular formula is C12H16N4O. The van der Waals surface area contributed by atoms with E-state index in [-0.39, 0.29) is 24.0 Å². The van der Waals surface area contributed by atoms with Crippen LogP contribution in [0.15, 0.2) is 18.2 Å². The van der Waals surface area contributed by atoms with Crippen molar-refractivity contribution >= 4 is 11.6 Å². The lowest BCUT2D eigenvalue weighted by Gasteiger charge is -2.17. The van der Waals surface area contributed by atoms with Crippen LogP contribution in [0.4, 0.5) is 5.69 Å². The van der Waals surface area contributed by atoms with Gasteiger partial charge in [0.2, 0.25) is 5.91 Å². The molecule has 2 aliphatic heterocycles. The van der Waals surface area contributed by atoms with Gasteiger partial charge in [-0.1, -0.05) is 12.1 Å². The van der Waals surface area contributed by atoms with E-state index in [4.69, 9.17) is 5.73 Å². The van der Waals surface area contributed by atoms with E-state index in [0.29, 0.717) is 6.42 Å². The van der Waals surface area contributed by atoms with Gasteiger partial charge in [-0.25, -0.2) is 5.43 Å². The lowest BCUT2D eigenvalue weighted by atomic mass is 9.96. The summed E-state index contributed by atoms with van der Waals surface area (Å²) in [5, 5.41) is 2.83. The molecule has 3 unspecified atom stereocenters. The van der Waals surface area contributed by atoms with Crippen LogP contribution in [0.2, 0.25) is 0 Å². The van der Waals surface area contributed by atoms with Gasteiger partial charge in [-0.15, -0.1) is 0 Å². The summed E-state index contributed by atoms with van der Waals surface area (Å²) in [5.41, 5.74) is 15.6. The van der Waals surface area contributed by atoms with Gasteiger partial charge in [0.1, 0.15) is 0 Å². The van der Waals surface area contributed by atoms with Crippen LogP contribution in [0.3, 0.4) is 0 Å². The van der Waals surface area contributed by atoms with E-state index in [1.807, 2.05) is 12.1 Å². The average Bonchev–Trinajstić information content (AvgIpc) is 2.81. The number of amides is 1. The van der Waals surface area contributed by atoms with Crippen LogP contribution in [0, 0.1) is 0 Å². The summed E-state index contributed by atoms with van der Waals surface area (Å²) in [6, 6.07) is 6.41. The molecule has 3 rings (SSSR count). The molecule has 0 aromatic heterocycles. The van der Waals surface area contributed by atoms with Gasteiger partial charge in [-0.05, 0) is 24.1 Å². The molecule has 90 valence electrons. The van der Waals surface area contributed by atoms with E-state index in [9.17, 15) is 4.79 Å². The fourth-order valence-corrected chi connectivity index (χ4v) is 2.45. The third-order valence-corrected chi connectivity index (χ3v) is 3.54. The summed E-state index contributed by atoms with van der Waals surface area (Å²) in [6.45, 7) is 2.05. The first-order valence-electron chi connectivity index (χ1n) is 5.84. The van der Waals surface area contributed by atoms with E-state index in [1.54, 1.807) is 0 Å². The van der Waals surface area contributed by atoms with Crippen LogP contribution in [0.5, 0.6) is 0 Å². The fourth-order valence-electron chi connectivity index (χ4n) is 2.45. The number of fused-ring (bicyclic) bond motifs is 1. The number of hydrogen-bond acceptors (Lipinski definition) is 4. The van der Waals surface area contributed by atoms with Gasteiger partial charge >= 0.3 is 0 Å². The molecule has 1 aromatic carbocycles. The molecule has 2 aliphatic rings. The Bertz CT molecular complexity index is 474. The SMILES string of the molecule is CC1NNC(c2ccc3c(c2)CC(=O)N3)C1N. The van der Waals surface area contributed by atoms with Gasteiger partial charge in [-0.2, -0.15) is 0 Å². The highest BCUT2D eigenvalue weighted by Gasteiger charge is 2.31. The third kappa shape index (κ3) is 1.72. The second kappa shape index (κ2) is 3.80. The molecule has 1 aromatic rings. The molecule has 1 fully saturated rings. The van der Waals surface area contributed by atoms with Crippen LogP contribution in [-0.4, -0.2) is 18.0 Å². The summed E-state index contributed by atoms with van der Waals surface area (Å²) >= 11 is 0. The second-order valence-corrected chi connectivity index (χ2v) is 4.77. The number of carbonyl (C=O) groups excluding carboxylic acids is 1. The molecule has 0 bridgehead atoms. The Morgan fingerprint density at radius 2 is 2.18 bits per heavy atom. The maximum Gasteiger partial charge on any atom is 0.228 e. The molecule has 1 amide bonds. The summed E-state index contributed by atoms with van der Waals surface area (Å²) in [5.74, 6) is 0.0623.